The van der Waals surface area contributed by atoms with Gasteiger partial charge >= 0.3 is 6.36 Å². The molecule has 0 bridgehead atoms. The van der Waals surface area contributed by atoms with Crippen LogP contribution in [0.5, 0.6) is 5.75 Å². The molecule has 17 heavy (non-hydrogen) atoms. The Hall–Kier alpha value is -1.23. The molecule has 0 aliphatic rings. The average molecular weight is 267 g/mol. The lowest BCUT2D eigenvalue weighted by atomic mass is 10.1. The number of hydrogen-bond donors (Lipinski definition) is 0. The Morgan fingerprint density at radius 1 is 1.47 bits per heavy atom. The quantitative estimate of drug-likeness (QED) is 0.774. The lowest BCUT2D eigenvalue weighted by Crippen LogP contribution is -2.17. The predicted molar refractivity (Wildman–Crippen MR) is 57.0 cm³/mol. The van der Waals surface area contributed by atoms with E-state index in [9.17, 15) is 18.0 Å². The van der Waals surface area contributed by atoms with Gasteiger partial charge in [-0.05, 0) is 24.6 Å². The van der Waals surface area contributed by atoms with Crippen molar-refractivity contribution in [3.8, 4) is 5.75 Å². The molecule has 94 valence electrons. The molecule has 0 saturated heterocycles. The van der Waals surface area contributed by atoms with Crippen LogP contribution >= 0.6 is 11.6 Å². The van der Waals surface area contributed by atoms with E-state index in [4.69, 9.17) is 11.6 Å². The third kappa shape index (κ3) is 5.08. The van der Waals surface area contributed by atoms with Crippen molar-refractivity contribution in [1.82, 2.24) is 0 Å². The van der Waals surface area contributed by atoms with Gasteiger partial charge in [0.05, 0.1) is 5.38 Å². The number of hydrogen-bond acceptors (Lipinski definition) is 2. The van der Waals surface area contributed by atoms with Gasteiger partial charge in [-0.25, -0.2) is 0 Å². The number of alkyl halides is 4. The van der Waals surface area contributed by atoms with Crippen LogP contribution in [-0.4, -0.2) is 12.1 Å². The number of halogens is 4. The van der Waals surface area contributed by atoms with E-state index in [1.165, 1.54) is 25.1 Å². The predicted octanol–water partition coefficient (Wildman–Crippen LogP) is 3.84. The summed E-state index contributed by atoms with van der Waals surface area (Å²) >= 11 is 5.89. The van der Waals surface area contributed by atoms with Gasteiger partial charge in [0.15, 0.2) is 0 Å². The Kier molecular flexibility index (Phi) is 4.40. The second kappa shape index (κ2) is 5.40. The highest BCUT2D eigenvalue weighted by molar-refractivity contribution is 6.21. The molecule has 0 fully saturated rings. The van der Waals surface area contributed by atoms with Crippen LogP contribution in [0.1, 0.15) is 24.3 Å². The zero-order chi connectivity index (χ0) is 13.1. The van der Waals surface area contributed by atoms with Crippen LogP contribution in [0, 0.1) is 0 Å². The van der Waals surface area contributed by atoms with Gasteiger partial charge < -0.3 is 4.74 Å². The summed E-state index contributed by atoms with van der Waals surface area (Å²) in [5.41, 5.74) is 0.420. The van der Waals surface area contributed by atoms with Gasteiger partial charge in [-0.3, -0.25) is 4.79 Å². The first-order valence-electron chi connectivity index (χ1n) is 4.77. The topological polar surface area (TPSA) is 26.3 Å². The van der Waals surface area contributed by atoms with Crippen molar-refractivity contribution in [1.29, 1.82) is 0 Å². The Bertz CT molecular complexity index is 404. The molecule has 0 spiro atoms. The molecule has 0 aromatic heterocycles. The summed E-state index contributed by atoms with van der Waals surface area (Å²) in [5, 5.41) is -0.649. The van der Waals surface area contributed by atoms with E-state index in [0.717, 1.165) is 0 Å². The molecule has 1 unspecified atom stereocenters. The van der Waals surface area contributed by atoms with E-state index < -0.39 is 11.7 Å². The molecular formula is C11H10ClF3O2. The smallest absolute Gasteiger partial charge is 0.406 e. The molecule has 6 heteroatoms. The normalized spacial score (nSPS) is 13.2. The number of carbonyl (C=O) groups is 1. The highest BCUT2D eigenvalue weighted by Gasteiger charge is 2.31. The van der Waals surface area contributed by atoms with Crippen molar-refractivity contribution in [2.45, 2.75) is 25.1 Å². The molecule has 0 aliphatic carbocycles. The minimum absolute atomic E-state index is 0.0665. The summed E-state index contributed by atoms with van der Waals surface area (Å²) in [6.07, 6.45) is -4.67. The first kappa shape index (κ1) is 13.8. The van der Waals surface area contributed by atoms with Gasteiger partial charge in [-0.1, -0.05) is 12.1 Å². The first-order valence-corrected chi connectivity index (χ1v) is 5.21. The number of ether oxygens (including phenoxy) is 1. The fourth-order valence-electron chi connectivity index (χ4n) is 1.28. The van der Waals surface area contributed by atoms with E-state index in [-0.39, 0.29) is 18.0 Å². The molecular weight excluding hydrogens is 257 g/mol. The highest BCUT2D eigenvalue weighted by atomic mass is 35.5. The number of Topliss-reactive ketones (excluding diaryl/α,β-unsaturated/α-hetero) is 1. The van der Waals surface area contributed by atoms with Crippen LogP contribution in [-0.2, 0) is 4.79 Å². The molecule has 0 amide bonds. The van der Waals surface area contributed by atoms with Crippen molar-refractivity contribution >= 4 is 17.4 Å². The SMILES string of the molecule is CC(=O)CC(Cl)c1cccc(OC(F)(F)F)c1. The lowest BCUT2D eigenvalue weighted by molar-refractivity contribution is -0.274. The fraction of sp³-hybridized carbons (Fsp3) is 0.364. The van der Waals surface area contributed by atoms with Gasteiger partial charge in [0.2, 0.25) is 0 Å². The molecule has 2 nitrogen and oxygen atoms in total. The first-order chi connectivity index (χ1) is 7.78. The van der Waals surface area contributed by atoms with Gasteiger partial charge in [0.1, 0.15) is 11.5 Å². The lowest BCUT2D eigenvalue weighted by Gasteiger charge is -2.12. The zero-order valence-electron chi connectivity index (χ0n) is 8.92. The summed E-state index contributed by atoms with van der Waals surface area (Å²) in [5.74, 6) is -0.476. The molecule has 0 saturated carbocycles. The Labute approximate surface area is 101 Å². The van der Waals surface area contributed by atoms with Crippen LogP contribution in [0.4, 0.5) is 13.2 Å². The molecule has 0 N–H and O–H groups in total. The van der Waals surface area contributed by atoms with Crippen LogP contribution in [0.2, 0.25) is 0 Å². The fourth-order valence-corrected chi connectivity index (χ4v) is 1.63. The molecule has 1 aromatic rings. The van der Waals surface area contributed by atoms with Crippen LogP contribution in [0.3, 0.4) is 0 Å². The number of rotatable bonds is 4. The third-order valence-electron chi connectivity index (χ3n) is 1.92. The third-order valence-corrected chi connectivity index (χ3v) is 2.33. The van der Waals surface area contributed by atoms with Gasteiger partial charge in [-0.2, -0.15) is 0 Å². The molecule has 1 aromatic carbocycles. The largest absolute Gasteiger partial charge is 0.573 e. The maximum Gasteiger partial charge on any atom is 0.573 e. The Morgan fingerprint density at radius 3 is 2.65 bits per heavy atom. The summed E-state index contributed by atoms with van der Waals surface area (Å²) in [6.45, 7) is 1.37. The summed E-state index contributed by atoms with van der Waals surface area (Å²) < 4.78 is 39.7. The second-order valence-corrected chi connectivity index (χ2v) is 4.02. The number of ketones is 1. The molecule has 1 atom stereocenters. The van der Waals surface area contributed by atoms with Crippen molar-refractivity contribution < 1.29 is 22.7 Å². The molecule has 0 radical (unpaired) electrons. The standard InChI is InChI=1S/C11H10ClF3O2/c1-7(16)5-10(12)8-3-2-4-9(6-8)17-11(13,14)15/h2-4,6,10H,5H2,1H3. The monoisotopic (exact) mass is 266 g/mol. The van der Waals surface area contributed by atoms with E-state index >= 15 is 0 Å². The van der Waals surface area contributed by atoms with Gasteiger partial charge in [0.25, 0.3) is 0 Å². The summed E-state index contributed by atoms with van der Waals surface area (Å²) in [6, 6.07) is 5.29. The minimum Gasteiger partial charge on any atom is -0.406 e. The maximum atomic E-state index is 12.0. The minimum atomic E-state index is -4.74. The Morgan fingerprint density at radius 2 is 2.12 bits per heavy atom. The van der Waals surface area contributed by atoms with Crippen LogP contribution in [0.15, 0.2) is 24.3 Å². The Balaban J connectivity index is 2.82. The van der Waals surface area contributed by atoms with Gasteiger partial charge in [0, 0.05) is 6.42 Å². The molecule has 1 rings (SSSR count). The van der Waals surface area contributed by atoms with Crippen molar-refractivity contribution in [2.24, 2.45) is 0 Å². The van der Waals surface area contributed by atoms with E-state index in [0.29, 0.717) is 5.56 Å². The van der Waals surface area contributed by atoms with Crippen molar-refractivity contribution in [2.75, 3.05) is 0 Å². The number of benzene rings is 1. The molecule has 0 heterocycles. The average Bonchev–Trinajstić information content (AvgIpc) is 2.14. The van der Waals surface area contributed by atoms with Crippen molar-refractivity contribution in [3.05, 3.63) is 29.8 Å². The van der Waals surface area contributed by atoms with Crippen LogP contribution < -0.4 is 4.74 Å². The van der Waals surface area contributed by atoms with Crippen LogP contribution in [0.25, 0.3) is 0 Å². The van der Waals surface area contributed by atoms with E-state index in [2.05, 4.69) is 4.74 Å². The summed E-state index contributed by atoms with van der Waals surface area (Å²) in [4.78, 5) is 10.8. The zero-order valence-corrected chi connectivity index (χ0v) is 9.68. The molecule has 0 aliphatic heterocycles. The van der Waals surface area contributed by atoms with Crippen molar-refractivity contribution in [3.63, 3.8) is 0 Å². The van der Waals surface area contributed by atoms with E-state index in [1.807, 2.05) is 0 Å². The van der Waals surface area contributed by atoms with E-state index in [1.54, 1.807) is 6.07 Å². The highest BCUT2D eigenvalue weighted by Crippen LogP contribution is 2.29. The maximum absolute atomic E-state index is 12.0. The number of carbonyl (C=O) groups excluding carboxylic acids is 1. The summed E-state index contributed by atoms with van der Waals surface area (Å²) in [7, 11) is 0. The van der Waals surface area contributed by atoms with Gasteiger partial charge in [-0.15, -0.1) is 24.8 Å². The second-order valence-electron chi connectivity index (χ2n) is 3.49.